The van der Waals surface area contributed by atoms with Crippen LogP contribution in [-0.2, 0) is 14.8 Å². The van der Waals surface area contributed by atoms with E-state index in [1.807, 2.05) is 25.1 Å². The average Bonchev–Trinajstić information content (AvgIpc) is 2.76. The Hall–Kier alpha value is -2.82. The third-order valence-corrected chi connectivity index (χ3v) is 6.38. The number of nitrogens with zero attached hydrogens (tertiary/aromatic N) is 4. The molecule has 164 valence electrons. The van der Waals surface area contributed by atoms with Gasteiger partial charge in [0, 0.05) is 36.8 Å². The number of aryl methyl sites for hydroxylation is 2. The van der Waals surface area contributed by atoms with Crippen molar-refractivity contribution in [2.75, 3.05) is 44.4 Å². The van der Waals surface area contributed by atoms with E-state index in [4.69, 9.17) is 9.47 Å². The number of aromatic nitrogens is 3. The third-order valence-electron chi connectivity index (χ3n) is 4.89. The predicted molar refractivity (Wildman–Crippen MR) is 117 cm³/mol. The fourth-order valence-corrected chi connectivity index (χ4v) is 4.58. The molecule has 0 aliphatic carbocycles. The Morgan fingerprint density at radius 2 is 1.90 bits per heavy atom. The van der Waals surface area contributed by atoms with Gasteiger partial charge in [-0.3, -0.25) is 4.98 Å². The van der Waals surface area contributed by atoms with Gasteiger partial charge in [0.15, 0.2) is 0 Å². The Kier molecular flexibility index (Phi) is 6.30. The number of fused-ring (bicyclic) bond motifs is 1. The van der Waals surface area contributed by atoms with Gasteiger partial charge in [-0.1, -0.05) is 18.2 Å². The fraction of sp³-hybridized carbons (Fsp3) is 0.381. The van der Waals surface area contributed by atoms with Crippen molar-refractivity contribution in [2.24, 2.45) is 0 Å². The highest BCUT2D eigenvalue weighted by Crippen LogP contribution is 2.22. The van der Waals surface area contributed by atoms with Crippen LogP contribution >= 0.6 is 0 Å². The number of pyridine rings is 1. The van der Waals surface area contributed by atoms with Crippen molar-refractivity contribution in [1.29, 1.82) is 0 Å². The lowest BCUT2D eigenvalue weighted by molar-refractivity contribution is 0.122. The van der Waals surface area contributed by atoms with Crippen LogP contribution in [0.1, 0.15) is 11.5 Å². The van der Waals surface area contributed by atoms with Gasteiger partial charge in [-0.15, -0.1) is 0 Å². The molecule has 1 N–H and O–H groups in total. The predicted octanol–water partition coefficient (Wildman–Crippen LogP) is 1.84. The first-order chi connectivity index (χ1) is 14.9. The molecule has 0 bridgehead atoms. The van der Waals surface area contributed by atoms with Crippen LogP contribution in [0.5, 0.6) is 5.88 Å². The normalized spacial score (nSPS) is 14.7. The van der Waals surface area contributed by atoms with E-state index in [-0.39, 0.29) is 18.0 Å². The molecule has 0 saturated carbocycles. The second-order valence-corrected chi connectivity index (χ2v) is 8.97. The highest BCUT2D eigenvalue weighted by molar-refractivity contribution is 7.89. The fourth-order valence-electron chi connectivity index (χ4n) is 3.40. The molecule has 10 heteroatoms. The monoisotopic (exact) mass is 443 g/mol. The lowest BCUT2D eigenvalue weighted by Crippen LogP contribution is -2.37. The number of ether oxygens (including phenoxy) is 2. The van der Waals surface area contributed by atoms with Crippen LogP contribution in [0.25, 0.3) is 10.9 Å². The highest BCUT2D eigenvalue weighted by atomic mass is 32.2. The number of benzene rings is 1. The van der Waals surface area contributed by atoms with Gasteiger partial charge in [0.2, 0.25) is 15.9 Å². The summed E-state index contributed by atoms with van der Waals surface area (Å²) >= 11 is 0. The van der Waals surface area contributed by atoms with Crippen LogP contribution in [0.3, 0.4) is 0 Å². The Morgan fingerprint density at radius 1 is 1.10 bits per heavy atom. The number of para-hydroxylation sites is 1. The van der Waals surface area contributed by atoms with Crippen molar-refractivity contribution in [3.63, 3.8) is 0 Å². The maximum absolute atomic E-state index is 12.8. The Labute approximate surface area is 181 Å². The number of hydrogen-bond acceptors (Lipinski definition) is 8. The van der Waals surface area contributed by atoms with Crippen molar-refractivity contribution in [3.05, 3.63) is 47.9 Å². The molecule has 31 heavy (non-hydrogen) atoms. The van der Waals surface area contributed by atoms with Crippen molar-refractivity contribution < 1.29 is 17.9 Å². The Morgan fingerprint density at radius 3 is 2.71 bits per heavy atom. The molecule has 1 aromatic carbocycles. The van der Waals surface area contributed by atoms with Crippen LogP contribution in [0, 0.1) is 13.8 Å². The van der Waals surface area contributed by atoms with Gasteiger partial charge >= 0.3 is 0 Å². The largest absolute Gasteiger partial charge is 0.476 e. The van der Waals surface area contributed by atoms with Crippen LogP contribution < -0.4 is 14.4 Å². The van der Waals surface area contributed by atoms with Gasteiger partial charge < -0.3 is 14.4 Å². The Balaban J connectivity index is 1.41. The Bertz CT molecular complexity index is 1180. The van der Waals surface area contributed by atoms with Gasteiger partial charge in [0.1, 0.15) is 23.1 Å². The van der Waals surface area contributed by atoms with Gasteiger partial charge in [0.05, 0.1) is 18.7 Å². The zero-order valence-corrected chi connectivity index (χ0v) is 18.4. The van der Waals surface area contributed by atoms with Gasteiger partial charge in [-0.25, -0.2) is 18.1 Å². The van der Waals surface area contributed by atoms with Crippen molar-refractivity contribution in [1.82, 2.24) is 19.7 Å². The molecule has 9 nitrogen and oxygen atoms in total. The first kappa shape index (κ1) is 21.4. The third kappa shape index (κ3) is 5.09. The summed E-state index contributed by atoms with van der Waals surface area (Å²) in [6.45, 7) is 6.69. The SMILES string of the molecule is Cc1ccc2cccc(S(=O)(=O)NCCOc3cc(N4CCOCC4)nc(C)n3)c2n1. The smallest absolute Gasteiger partial charge is 0.242 e. The molecular formula is C21H25N5O4S. The standard InChI is InChI=1S/C21H25N5O4S/c1-15-6-7-17-4-3-5-18(21(17)23-15)31(27,28)22-8-11-30-20-14-19(24-16(2)25-20)26-9-12-29-13-10-26/h3-7,14,22H,8-13H2,1-2H3. The molecule has 0 spiro atoms. The summed E-state index contributed by atoms with van der Waals surface area (Å²) in [5, 5.41) is 0.775. The maximum Gasteiger partial charge on any atom is 0.242 e. The molecule has 4 rings (SSSR count). The number of sulfonamides is 1. The lowest BCUT2D eigenvalue weighted by Gasteiger charge is -2.28. The summed E-state index contributed by atoms with van der Waals surface area (Å²) in [6.07, 6.45) is 0. The van der Waals surface area contributed by atoms with Crippen LogP contribution in [-0.4, -0.2) is 62.8 Å². The molecule has 1 saturated heterocycles. The van der Waals surface area contributed by atoms with E-state index in [0.717, 1.165) is 30.0 Å². The molecule has 0 amide bonds. The van der Waals surface area contributed by atoms with Crippen LogP contribution in [0.2, 0.25) is 0 Å². The molecule has 1 fully saturated rings. The minimum Gasteiger partial charge on any atom is -0.476 e. The molecule has 1 aliphatic rings. The quantitative estimate of drug-likeness (QED) is 0.551. The van der Waals surface area contributed by atoms with E-state index in [1.54, 1.807) is 25.1 Å². The zero-order chi connectivity index (χ0) is 21.8. The van der Waals surface area contributed by atoms with Crippen molar-refractivity contribution in [3.8, 4) is 5.88 Å². The van der Waals surface area contributed by atoms with Crippen LogP contribution in [0.4, 0.5) is 5.82 Å². The highest BCUT2D eigenvalue weighted by Gasteiger charge is 2.18. The molecule has 3 heterocycles. The number of nitrogens with one attached hydrogen (secondary N) is 1. The van der Waals surface area contributed by atoms with E-state index in [1.165, 1.54) is 0 Å². The number of hydrogen-bond donors (Lipinski definition) is 1. The van der Waals surface area contributed by atoms with E-state index in [2.05, 4.69) is 24.6 Å². The first-order valence-electron chi connectivity index (χ1n) is 10.1. The minimum atomic E-state index is -3.74. The summed E-state index contributed by atoms with van der Waals surface area (Å²) < 4.78 is 39.3. The molecule has 0 atom stereocenters. The molecule has 1 aliphatic heterocycles. The summed E-state index contributed by atoms with van der Waals surface area (Å²) in [4.78, 5) is 15.4. The molecular weight excluding hydrogens is 418 g/mol. The second kappa shape index (κ2) is 9.13. The van der Waals surface area contributed by atoms with Gasteiger partial charge in [-0.2, -0.15) is 4.98 Å². The second-order valence-electron chi connectivity index (χ2n) is 7.24. The topological polar surface area (TPSA) is 107 Å². The number of rotatable bonds is 7. The van der Waals surface area contributed by atoms with Crippen molar-refractivity contribution >= 4 is 26.7 Å². The molecule has 3 aromatic rings. The maximum atomic E-state index is 12.8. The van der Waals surface area contributed by atoms with Gasteiger partial charge in [0.25, 0.3) is 0 Å². The first-order valence-corrected chi connectivity index (χ1v) is 11.6. The van der Waals surface area contributed by atoms with Crippen LogP contribution in [0.15, 0.2) is 41.3 Å². The number of anilines is 1. The number of morpholine rings is 1. The molecule has 0 radical (unpaired) electrons. The van der Waals surface area contributed by atoms with E-state index >= 15 is 0 Å². The van der Waals surface area contributed by atoms with E-state index < -0.39 is 10.0 Å². The summed E-state index contributed by atoms with van der Waals surface area (Å²) in [7, 11) is -3.74. The van der Waals surface area contributed by atoms with Gasteiger partial charge in [-0.05, 0) is 26.0 Å². The molecule has 0 unspecified atom stereocenters. The van der Waals surface area contributed by atoms with Crippen molar-refractivity contribution in [2.45, 2.75) is 18.7 Å². The van der Waals surface area contributed by atoms with E-state index in [0.29, 0.717) is 30.4 Å². The minimum absolute atomic E-state index is 0.0977. The molecule has 2 aromatic heterocycles. The summed E-state index contributed by atoms with van der Waals surface area (Å²) in [5.74, 6) is 1.79. The average molecular weight is 444 g/mol. The van der Waals surface area contributed by atoms with E-state index in [9.17, 15) is 8.42 Å². The summed E-state index contributed by atoms with van der Waals surface area (Å²) in [6, 6.07) is 10.6. The zero-order valence-electron chi connectivity index (χ0n) is 17.5. The lowest BCUT2D eigenvalue weighted by atomic mass is 10.2. The summed E-state index contributed by atoms with van der Waals surface area (Å²) in [5.41, 5.74) is 1.21.